The molecule has 2 saturated heterocycles. The van der Waals surface area contributed by atoms with Crippen molar-refractivity contribution in [1.29, 1.82) is 0 Å². The van der Waals surface area contributed by atoms with E-state index in [4.69, 9.17) is 21.8 Å². The Hall–Kier alpha value is -1.79. The van der Waals surface area contributed by atoms with E-state index in [2.05, 4.69) is 9.88 Å². The molecule has 2 aromatic rings. The molecule has 0 saturated carbocycles. The number of aromatic nitrogens is 1. The van der Waals surface area contributed by atoms with Crippen LogP contribution in [-0.4, -0.2) is 48.0 Å². The standard InChI is InChI=1S/C19H25ClN4O2/c20-14-4-5-16-17(11-14)26-19(22-16)23-9-6-13(7-10-23)18(25)24-8-2-1-3-15(24)12-21/h4-5,11,13,15H,1-3,6-10,12,21H2. The highest BCUT2D eigenvalue weighted by molar-refractivity contribution is 6.31. The number of anilines is 1. The summed E-state index contributed by atoms with van der Waals surface area (Å²) in [6.45, 7) is 2.97. The number of rotatable bonds is 3. The fraction of sp³-hybridized carbons (Fsp3) is 0.579. The van der Waals surface area contributed by atoms with Crippen LogP contribution in [0.5, 0.6) is 0 Å². The van der Waals surface area contributed by atoms with Crippen LogP contribution in [0.4, 0.5) is 6.01 Å². The molecule has 1 aromatic carbocycles. The second kappa shape index (κ2) is 7.45. The molecule has 2 aliphatic heterocycles. The molecule has 2 N–H and O–H groups in total. The van der Waals surface area contributed by atoms with Gasteiger partial charge in [-0.3, -0.25) is 4.79 Å². The van der Waals surface area contributed by atoms with Crippen LogP contribution in [-0.2, 0) is 4.79 Å². The lowest BCUT2D eigenvalue weighted by atomic mass is 9.92. The van der Waals surface area contributed by atoms with Crippen molar-refractivity contribution in [1.82, 2.24) is 9.88 Å². The number of hydrogen-bond acceptors (Lipinski definition) is 5. The van der Waals surface area contributed by atoms with Gasteiger partial charge in [0.25, 0.3) is 6.01 Å². The molecular formula is C19H25ClN4O2. The first-order valence-electron chi connectivity index (χ1n) is 9.47. The summed E-state index contributed by atoms with van der Waals surface area (Å²) in [6.07, 6.45) is 4.95. The van der Waals surface area contributed by atoms with E-state index in [0.29, 0.717) is 23.2 Å². The third kappa shape index (κ3) is 3.40. The molecule has 140 valence electrons. The topological polar surface area (TPSA) is 75.6 Å². The highest BCUT2D eigenvalue weighted by atomic mass is 35.5. The Morgan fingerprint density at radius 2 is 2.04 bits per heavy atom. The van der Waals surface area contributed by atoms with Gasteiger partial charge in [-0.2, -0.15) is 4.98 Å². The van der Waals surface area contributed by atoms with Crippen molar-refractivity contribution in [2.24, 2.45) is 11.7 Å². The summed E-state index contributed by atoms with van der Waals surface area (Å²) in [6, 6.07) is 6.30. The molecule has 26 heavy (non-hydrogen) atoms. The highest BCUT2D eigenvalue weighted by Crippen LogP contribution is 2.29. The lowest BCUT2D eigenvalue weighted by Gasteiger charge is -2.39. The Bertz CT molecular complexity index is 785. The van der Waals surface area contributed by atoms with Crippen LogP contribution >= 0.6 is 11.6 Å². The zero-order valence-corrected chi connectivity index (χ0v) is 15.6. The van der Waals surface area contributed by atoms with Gasteiger partial charge >= 0.3 is 0 Å². The summed E-state index contributed by atoms with van der Waals surface area (Å²) in [5, 5.41) is 0.639. The van der Waals surface area contributed by atoms with E-state index >= 15 is 0 Å². The normalized spacial score (nSPS) is 22.2. The van der Waals surface area contributed by atoms with Crippen molar-refractivity contribution in [3.05, 3.63) is 23.2 Å². The Morgan fingerprint density at radius 1 is 1.23 bits per heavy atom. The average Bonchev–Trinajstić information content (AvgIpc) is 3.10. The number of fused-ring (bicyclic) bond motifs is 1. The number of carbonyl (C=O) groups is 1. The zero-order valence-electron chi connectivity index (χ0n) is 14.9. The van der Waals surface area contributed by atoms with E-state index in [0.717, 1.165) is 50.8 Å². The fourth-order valence-electron chi connectivity index (χ4n) is 4.11. The molecule has 2 aliphatic rings. The fourth-order valence-corrected chi connectivity index (χ4v) is 4.27. The third-order valence-corrected chi connectivity index (χ3v) is 5.87. The van der Waals surface area contributed by atoms with Gasteiger partial charge in [-0.05, 0) is 44.2 Å². The monoisotopic (exact) mass is 376 g/mol. The molecule has 6 nitrogen and oxygen atoms in total. The largest absolute Gasteiger partial charge is 0.423 e. The van der Waals surface area contributed by atoms with Gasteiger partial charge in [-0.25, -0.2) is 0 Å². The molecule has 2 fully saturated rings. The van der Waals surface area contributed by atoms with Crippen molar-refractivity contribution < 1.29 is 9.21 Å². The molecule has 7 heteroatoms. The number of piperidine rings is 2. The Balaban J connectivity index is 1.40. The third-order valence-electron chi connectivity index (χ3n) is 5.64. The van der Waals surface area contributed by atoms with Crippen molar-refractivity contribution in [2.75, 3.05) is 31.1 Å². The van der Waals surface area contributed by atoms with Crippen molar-refractivity contribution in [3.63, 3.8) is 0 Å². The van der Waals surface area contributed by atoms with Gasteiger partial charge in [0, 0.05) is 49.2 Å². The van der Waals surface area contributed by atoms with E-state index in [9.17, 15) is 4.79 Å². The lowest BCUT2D eigenvalue weighted by molar-refractivity contribution is -0.139. The van der Waals surface area contributed by atoms with Gasteiger partial charge in [0.1, 0.15) is 5.52 Å². The average molecular weight is 377 g/mol. The number of benzene rings is 1. The number of amides is 1. The first-order valence-corrected chi connectivity index (χ1v) is 9.85. The molecule has 1 aromatic heterocycles. The SMILES string of the molecule is NCC1CCCCN1C(=O)C1CCN(c2nc3ccc(Cl)cc3o2)CC1. The van der Waals surface area contributed by atoms with Gasteiger partial charge in [-0.1, -0.05) is 11.6 Å². The summed E-state index contributed by atoms with van der Waals surface area (Å²) < 4.78 is 5.85. The van der Waals surface area contributed by atoms with Gasteiger partial charge in [0.2, 0.25) is 5.91 Å². The predicted molar refractivity (Wildman–Crippen MR) is 102 cm³/mol. The van der Waals surface area contributed by atoms with Gasteiger partial charge < -0.3 is 20.0 Å². The van der Waals surface area contributed by atoms with Crippen LogP contribution in [0.25, 0.3) is 11.1 Å². The molecule has 0 spiro atoms. The van der Waals surface area contributed by atoms with Crippen LogP contribution in [0.2, 0.25) is 5.02 Å². The second-order valence-electron chi connectivity index (χ2n) is 7.29. The minimum Gasteiger partial charge on any atom is -0.423 e. The molecule has 4 rings (SSSR count). The molecule has 0 bridgehead atoms. The van der Waals surface area contributed by atoms with Crippen LogP contribution in [0.1, 0.15) is 32.1 Å². The molecule has 0 radical (unpaired) electrons. The maximum atomic E-state index is 12.9. The van der Waals surface area contributed by atoms with E-state index in [1.807, 2.05) is 17.0 Å². The van der Waals surface area contributed by atoms with Crippen LogP contribution < -0.4 is 10.6 Å². The summed E-state index contributed by atoms with van der Waals surface area (Å²) in [7, 11) is 0. The molecule has 0 aliphatic carbocycles. The molecular weight excluding hydrogens is 352 g/mol. The second-order valence-corrected chi connectivity index (χ2v) is 7.72. The number of nitrogens with two attached hydrogens (primary N) is 1. The number of likely N-dealkylation sites (tertiary alicyclic amines) is 1. The smallest absolute Gasteiger partial charge is 0.298 e. The summed E-state index contributed by atoms with van der Waals surface area (Å²) >= 11 is 6.01. The van der Waals surface area contributed by atoms with Crippen molar-refractivity contribution in [2.45, 2.75) is 38.1 Å². The summed E-state index contributed by atoms with van der Waals surface area (Å²) in [5.74, 6) is 0.362. The highest BCUT2D eigenvalue weighted by Gasteiger charge is 2.33. The Morgan fingerprint density at radius 3 is 2.81 bits per heavy atom. The first kappa shape index (κ1) is 17.6. The van der Waals surface area contributed by atoms with Crippen molar-refractivity contribution >= 4 is 34.6 Å². The van der Waals surface area contributed by atoms with E-state index < -0.39 is 0 Å². The maximum absolute atomic E-state index is 12.9. The van der Waals surface area contributed by atoms with E-state index in [1.165, 1.54) is 6.42 Å². The quantitative estimate of drug-likeness (QED) is 0.891. The molecule has 1 unspecified atom stereocenters. The maximum Gasteiger partial charge on any atom is 0.298 e. The zero-order chi connectivity index (χ0) is 18.1. The minimum absolute atomic E-state index is 0.0808. The Labute approximate surface area is 158 Å². The molecule has 1 atom stereocenters. The van der Waals surface area contributed by atoms with Crippen molar-refractivity contribution in [3.8, 4) is 0 Å². The molecule has 1 amide bonds. The van der Waals surface area contributed by atoms with Gasteiger partial charge in [0.15, 0.2) is 5.58 Å². The minimum atomic E-state index is 0.0808. The Kier molecular flexibility index (Phi) is 5.05. The number of halogens is 1. The number of carbonyl (C=O) groups excluding carboxylic acids is 1. The summed E-state index contributed by atoms with van der Waals surface area (Å²) in [5.41, 5.74) is 7.38. The molecule has 3 heterocycles. The van der Waals surface area contributed by atoms with Gasteiger partial charge in [-0.15, -0.1) is 0 Å². The summed E-state index contributed by atoms with van der Waals surface area (Å²) in [4.78, 5) is 21.6. The van der Waals surface area contributed by atoms with E-state index in [1.54, 1.807) is 6.07 Å². The number of hydrogen-bond donors (Lipinski definition) is 1. The van der Waals surface area contributed by atoms with Crippen LogP contribution in [0.15, 0.2) is 22.6 Å². The van der Waals surface area contributed by atoms with Gasteiger partial charge in [0.05, 0.1) is 0 Å². The predicted octanol–water partition coefficient (Wildman–Crippen LogP) is 3.04. The van der Waals surface area contributed by atoms with Crippen LogP contribution in [0, 0.1) is 5.92 Å². The first-order chi connectivity index (χ1) is 12.7. The van der Waals surface area contributed by atoms with Crippen LogP contribution in [0.3, 0.4) is 0 Å². The lowest BCUT2D eigenvalue weighted by Crippen LogP contribution is -2.51. The van der Waals surface area contributed by atoms with E-state index in [-0.39, 0.29) is 17.9 Å². The number of oxazole rings is 1. The number of nitrogens with zero attached hydrogens (tertiary/aromatic N) is 3.